The van der Waals surface area contributed by atoms with Gasteiger partial charge in [-0.3, -0.25) is 0 Å². The van der Waals surface area contributed by atoms with Crippen LogP contribution in [0.1, 0.15) is 65.2 Å². The van der Waals surface area contributed by atoms with Crippen LogP contribution in [0.25, 0.3) is 0 Å². The van der Waals surface area contributed by atoms with Crippen molar-refractivity contribution >= 4 is 0 Å². The van der Waals surface area contributed by atoms with Crippen LogP contribution in [0.4, 0.5) is 0 Å². The Morgan fingerprint density at radius 1 is 1.00 bits per heavy atom. The Kier molecular flexibility index (Phi) is 2.37. The van der Waals surface area contributed by atoms with Gasteiger partial charge in [-0.15, -0.1) is 0 Å². The fourth-order valence-corrected chi connectivity index (χ4v) is 5.25. The van der Waals surface area contributed by atoms with Crippen molar-refractivity contribution in [1.29, 1.82) is 0 Å². The van der Waals surface area contributed by atoms with Gasteiger partial charge in [-0.05, 0) is 54.8 Å². The topological polar surface area (TPSA) is 0 Å². The summed E-state index contributed by atoms with van der Waals surface area (Å²) in [4.78, 5) is 0. The van der Waals surface area contributed by atoms with Crippen molar-refractivity contribution in [2.45, 2.75) is 65.2 Å². The lowest BCUT2D eigenvalue weighted by molar-refractivity contribution is 0.123. The first-order valence-corrected chi connectivity index (χ1v) is 7.21. The van der Waals surface area contributed by atoms with E-state index in [0.29, 0.717) is 0 Å². The normalized spacial score (nSPS) is 48.4. The summed E-state index contributed by atoms with van der Waals surface area (Å²) in [6.45, 7) is 5.16. The van der Waals surface area contributed by atoms with Crippen molar-refractivity contribution in [2.24, 2.45) is 29.1 Å². The van der Waals surface area contributed by atoms with E-state index in [1.54, 1.807) is 19.3 Å². The van der Waals surface area contributed by atoms with Crippen LogP contribution >= 0.6 is 0 Å². The molecule has 0 spiro atoms. The number of hydrogen-bond donors (Lipinski definition) is 0. The summed E-state index contributed by atoms with van der Waals surface area (Å²) in [6, 6.07) is 0. The van der Waals surface area contributed by atoms with Crippen molar-refractivity contribution in [3.8, 4) is 0 Å². The molecule has 4 atom stereocenters. The molecule has 0 heterocycles. The number of hydrogen-bond acceptors (Lipinski definition) is 0. The molecule has 0 radical (unpaired) electrons. The first-order chi connectivity index (χ1) is 7.21. The molecule has 0 amide bonds. The predicted octanol–water partition coefficient (Wildman–Crippen LogP) is 4.64. The average molecular weight is 206 g/mol. The molecule has 0 aromatic carbocycles. The molecule has 3 rings (SSSR count). The predicted molar refractivity (Wildman–Crippen MR) is 64.7 cm³/mol. The Hall–Kier alpha value is 0. The van der Waals surface area contributed by atoms with Gasteiger partial charge < -0.3 is 0 Å². The van der Waals surface area contributed by atoms with Crippen molar-refractivity contribution in [3.05, 3.63) is 0 Å². The minimum atomic E-state index is 0.748. The zero-order valence-corrected chi connectivity index (χ0v) is 10.5. The van der Waals surface area contributed by atoms with Gasteiger partial charge in [0.15, 0.2) is 0 Å². The van der Waals surface area contributed by atoms with Crippen LogP contribution in [-0.2, 0) is 0 Å². The van der Waals surface area contributed by atoms with E-state index in [-0.39, 0.29) is 0 Å². The zero-order valence-electron chi connectivity index (χ0n) is 10.5. The molecule has 0 aromatic heterocycles. The van der Waals surface area contributed by atoms with Gasteiger partial charge in [0.05, 0.1) is 0 Å². The van der Waals surface area contributed by atoms with E-state index in [1.165, 1.54) is 32.1 Å². The highest BCUT2D eigenvalue weighted by Gasteiger charge is 2.50. The molecule has 3 fully saturated rings. The van der Waals surface area contributed by atoms with E-state index >= 15 is 0 Å². The molecule has 0 aliphatic heterocycles. The Labute approximate surface area is 94.8 Å². The summed E-state index contributed by atoms with van der Waals surface area (Å²) < 4.78 is 0. The monoisotopic (exact) mass is 206 g/mol. The fraction of sp³-hybridized carbons (Fsp3) is 1.00. The molecule has 15 heavy (non-hydrogen) atoms. The Morgan fingerprint density at radius 2 is 1.73 bits per heavy atom. The summed E-state index contributed by atoms with van der Waals surface area (Å²) in [5, 5.41) is 0. The van der Waals surface area contributed by atoms with Crippen molar-refractivity contribution in [2.75, 3.05) is 0 Å². The lowest BCUT2D eigenvalue weighted by Crippen LogP contribution is -2.29. The van der Waals surface area contributed by atoms with Gasteiger partial charge in [-0.2, -0.15) is 0 Å². The van der Waals surface area contributed by atoms with Gasteiger partial charge in [0.2, 0.25) is 0 Å². The molecule has 3 aliphatic rings. The quantitative estimate of drug-likeness (QED) is 0.586. The van der Waals surface area contributed by atoms with Crippen LogP contribution in [0.3, 0.4) is 0 Å². The van der Waals surface area contributed by atoms with Crippen LogP contribution in [0.2, 0.25) is 0 Å². The van der Waals surface area contributed by atoms with Gasteiger partial charge in [0.25, 0.3) is 0 Å². The second kappa shape index (κ2) is 3.50. The summed E-state index contributed by atoms with van der Waals surface area (Å²) in [5.74, 6) is 4.36. The molecule has 0 heteroatoms. The molecule has 0 N–H and O–H groups in total. The van der Waals surface area contributed by atoms with Crippen molar-refractivity contribution < 1.29 is 0 Å². The van der Waals surface area contributed by atoms with Gasteiger partial charge in [0.1, 0.15) is 0 Å². The highest BCUT2D eigenvalue weighted by atomic mass is 14.6. The smallest absolute Gasteiger partial charge is 0.0295 e. The van der Waals surface area contributed by atoms with E-state index in [0.717, 1.165) is 29.1 Å². The van der Waals surface area contributed by atoms with Crippen LogP contribution in [0.5, 0.6) is 0 Å². The lowest BCUT2D eigenvalue weighted by Gasteiger charge is -2.37. The second-order valence-electron chi connectivity index (χ2n) is 6.92. The molecule has 2 bridgehead atoms. The molecule has 3 aliphatic carbocycles. The van der Waals surface area contributed by atoms with Crippen LogP contribution in [-0.4, -0.2) is 0 Å². The molecular weight excluding hydrogens is 180 g/mol. The highest BCUT2D eigenvalue weighted by Crippen LogP contribution is 2.59. The minimum absolute atomic E-state index is 0.748. The maximum atomic E-state index is 2.61. The molecule has 86 valence electrons. The Balaban J connectivity index is 1.82. The third-order valence-corrected chi connectivity index (χ3v) is 6.25. The van der Waals surface area contributed by atoms with Crippen LogP contribution < -0.4 is 0 Å². The van der Waals surface area contributed by atoms with E-state index in [9.17, 15) is 0 Å². The van der Waals surface area contributed by atoms with Gasteiger partial charge in [-0.1, -0.05) is 39.5 Å². The Bertz CT molecular complexity index is 236. The highest BCUT2D eigenvalue weighted by molar-refractivity contribution is 5.00. The third-order valence-electron chi connectivity index (χ3n) is 6.25. The van der Waals surface area contributed by atoms with E-state index in [2.05, 4.69) is 13.8 Å². The Morgan fingerprint density at radius 3 is 2.40 bits per heavy atom. The van der Waals surface area contributed by atoms with E-state index in [4.69, 9.17) is 0 Å². The van der Waals surface area contributed by atoms with Crippen LogP contribution in [0, 0.1) is 29.1 Å². The molecule has 0 nitrogen and oxygen atoms in total. The van der Waals surface area contributed by atoms with E-state index < -0.39 is 0 Å². The maximum absolute atomic E-state index is 2.61. The summed E-state index contributed by atoms with van der Waals surface area (Å²) in [7, 11) is 0. The third kappa shape index (κ3) is 1.47. The fourth-order valence-electron chi connectivity index (χ4n) is 5.25. The second-order valence-corrected chi connectivity index (χ2v) is 6.92. The first-order valence-electron chi connectivity index (χ1n) is 7.21. The first kappa shape index (κ1) is 10.2. The van der Waals surface area contributed by atoms with Crippen molar-refractivity contribution in [1.82, 2.24) is 0 Å². The van der Waals surface area contributed by atoms with Gasteiger partial charge in [0, 0.05) is 0 Å². The molecule has 0 aromatic rings. The number of fused-ring (bicyclic) bond motifs is 2. The maximum Gasteiger partial charge on any atom is -0.0295 e. The average Bonchev–Trinajstić information content (AvgIpc) is 2.70. The summed E-state index contributed by atoms with van der Waals surface area (Å²) >= 11 is 0. The lowest BCUT2D eigenvalue weighted by atomic mass is 9.68. The minimum Gasteiger partial charge on any atom is -0.0620 e. The largest absolute Gasteiger partial charge is 0.0620 e. The standard InChI is InChI=1S/C15H26/c1-11-12-6-5-7-13(11)14(10-12)15(2)8-3-4-9-15/h11-14H,3-10H2,1-2H3/t11?,12?,13-,14?/m1/s1. The SMILES string of the molecule is CC1C2CCC[C@H]1C(C1(C)CCCC1)C2. The summed E-state index contributed by atoms with van der Waals surface area (Å²) in [6.07, 6.45) is 12.3. The van der Waals surface area contributed by atoms with Gasteiger partial charge in [-0.25, -0.2) is 0 Å². The summed E-state index contributed by atoms with van der Waals surface area (Å²) in [5.41, 5.74) is 0.748. The van der Waals surface area contributed by atoms with Crippen LogP contribution in [0.15, 0.2) is 0 Å². The molecule has 3 saturated carbocycles. The van der Waals surface area contributed by atoms with E-state index in [1.807, 2.05) is 0 Å². The molecule has 3 unspecified atom stereocenters. The van der Waals surface area contributed by atoms with Crippen molar-refractivity contribution in [3.63, 3.8) is 0 Å². The zero-order chi connectivity index (χ0) is 10.5. The number of rotatable bonds is 1. The van der Waals surface area contributed by atoms with Gasteiger partial charge >= 0.3 is 0 Å². The molecule has 0 saturated heterocycles. The molecular formula is C15H26.